The van der Waals surface area contributed by atoms with Crippen LogP contribution in [0.15, 0.2) is 0 Å². The Hall–Kier alpha value is -0.760. The minimum atomic E-state index is -1.54. The van der Waals surface area contributed by atoms with Crippen LogP contribution in [0, 0.1) is 0 Å². The van der Waals surface area contributed by atoms with Crippen molar-refractivity contribution in [1.29, 1.82) is 0 Å². The third kappa shape index (κ3) is 7.30. The summed E-state index contributed by atoms with van der Waals surface area (Å²) in [4.78, 5) is 0. The van der Waals surface area contributed by atoms with Gasteiger partial charge in [0.1, 0.15) is 54.9 Å². The van der Waals surface area contributed by atoms with Gasteiger partial charge >= 0.3 is 0 Å². The Balaban J connectivity index is 1.48. The molecule has 252 valence electrons. The van der Waals surface area contributed by atoms with Gasteiger partial charge in [-0.3, -0.25) is 0 Å². The highest BCUT2D eigenvalue weighted by molar-refractivity contribution is 5.02. The van der Waals surface area contributed by atoms with Gasteiger partial charge in [-0.2, -0.15) is 0 Å². The molecule has 19 nitrogen and oxygen atoms in total. The molecule has 1 saturated carbocycles. The summed E-state index contributed by atoms with van der Waals surface area (Å²) in [5.74, 6) is 0. The monoisotopic (exact) mass is 628 g/mol. The molecule has 0 aromatic heterocycles. The average Bonchev–Trinajstić information content (AvgIpc) is 2.97. The highest BCUT2D eigenvalue weighted by Crippen LogP contribution is 2.32. The van der Waals surface area contributed by atoms with Gasteiger partial charge < -0.3 is 98.6 Å². The fraction of sp³-hybridized carbons (Fsp3) is 1.00. The zero-order chi connectivity index (χ0) is 31.7. The normalized spacial score (nSPS) is 53.1. The first-order valence-corrected chi connectivity index (χ1v) is 14.4. The second-order valence-electron chi connectivity index (χ2n) is 11.7. The van der Waals surface area contributed by atoms with E-state index in [0.29, 0.717) is 0 Å². The number of nitrogens with two attached hydrogens (primary N) is 6. The van der Waals surface area contributed by atoms with Gasteiger partial charge in [0.25, 0.3) is 0 Å². The van der Waals surface area contributed by atoms with Gasteiger partial charge in [-0.15, -0.1) is 0 Å². The molecule has 3 heterocycles. The van der Waals surface area contributed by atoms with Crippen LogP contribution in [0.4, 0.5) is 0 Å². The SMILES string of the molecule is NCC1OC(OC2C(N)CC(N)C(OC3OC(CO)C(O)C(OC4OC(CO)C(O)C(O)C4N)C3N)C2O)C(N)CC1O. The van der Waals surface area contributed by atoms with Gasteiger partial charge in [0.2, 0.25) is 0 Å². The maximum absolute atomic E-state index is 11.3. The molecule has 3 saturated heterocycles. The molecule has 1 aliphatic carbocycles. The van der Waals surface area contributed by atoms with Crippen molar-refractivity contribution in [2.45, 2.75) is 129 Å². The molecule has 19 unspecified atom stereocenters. The number of hydrogen-bond acceptors (Lipinski definition) is 19. The van der Waals surface area contributed by atoms with Crippen LogP contribution in [-0.4, -0.2) is 172 Å². The molecular weight excluding hydrogens is 580 g/mol. The Morgan fingerprint density at radius 3 is 1.58 bits per heavy atom. The molecule has 3 aliphatic heterocycles. The predicted octanol–water partition coefficient (Wildman–Crippen LogP) is -8.51. The van der Waals surface area contributed by atoms with Crippen LogP contribution < -0.4 is 34.4 Å². The third-order valence-electron chi connectivity index (χ3n) is 8.60. The van der Waals surface area contributed by atoms with Crippen molar-refractivity contribution in [2.75, 3.05) is 19.8 Å². The maximum Gasteiger partial charge on any atom is 0.176 e. The van der Waals surface area contributed by atoms with Crippen LogP contribution in [0.5, 0.6) is 0 Å². The van der Waals surface area contributed by atoms with Crippen LogP contribution in [-0.2, 0) is 28.4 Å². The molecule has 0 aromatic rings. The van der Waals surface area contributed by atoms with E-state index in [1.54, 1.807) is 0 Å². The summed E-state index contributed by atoms with van der Waals surface area (Å²) >= 11 is 0. The van der Waals surface area contributed by atoms with Crippen LogP contribution >= 0.6 is 0 Å². The molecule has 19 heteroatoms. The fourth-order valence-corrected chi connectivity index (χ4v) is 5.96. The van der Waals surface area contributed by atoms with E-state index >= 15 is 0 Å². The molecule has 0 amide bonds. The van der Waals surface area contributed by atoms with Crippen LogP contribution in [0.1, 0.15) is 12.8 Å². The smallest absolute Gasteiger partial charge is 0.176 e. The van der Waals surface area contributed by atoms with Gasteiger partial charge in [-0.25, -0.2) is 0 Å². The second-order valence-corrected chi connectivity index (χ2v) is 11.7. The van der Waals surface area contributed by atoms with Crippen molar-refractivity contribution in [3.8, 4) is 0 Å². The zero-order valence-corrected chi connectivity index (χ0v) is 23.5. The first-order valence-electron chi connectivity index (χ1n) is 14.4. The summed E-state index contributed by atoms with van der Waals surface area (Å²) < 4.78 is 34.7. The van der Waals surface area contributed by atoms with E-state index in [2.05, 4.69) is 0 Å². The minimum Gasteiger partial charge on any atom is -0.394 e. The lowest BCUT2D eigenvalue weighted by Gasteiger charge is -2.49. The lowest BCUT2D eigenvalue weighted by Crippen LogP contribution is -2.70. The molecule has 0 aromatic carbocycles. The topological polar surface area (TPSA) is 353 Å². The summed E-state index contributed by atoms with van der Waals surface area (Å²) in [6.07, 6.45) is -17.4. The van der Waals surface area contributed by atoms with E-state index in [0.717, 1.165) is 0 Å². The van der Waals surface area contributed by atoms with E-state index in [-0.39, 0.29) is 19.4 Å². The molecular formula is C24H48N6O13. The van der Waals surface area contributed by atoms with Gasteiger partial charge in [0.05, 0.1) is 43.5 Å². The van der Waals surface area contributed by atoms with Gasteiger partial charge in [0.15, 0.2) is 18.9 Å². The molecule has 0 bridgehead atoms. The van der Waals surface area contributed by atoms with E-state index in [4.69, 9.17) is 62.8 Å². The largest absolute Gasteiger partial charge is 0.394 e. The van der Waals surface area contributed by atoms with Crippen molar-refractivity contribution < 1.29 is 64.2 Å². The highest BCUT2D eigenvalue weighted by Gasteiger charge is 2.52. The summed E-state index contributed by atoms with van der Waals surface area (Å²) in [5.41, 5.74) is 36.7. The van der Waals surface area contributed by atoms with Crippen molar-refractivity contribution in [3.63, 3.8) is 0 Å². The van der Waals surface area contributed by atoms with Crippen molar-refractivity contribution in [3.05, 3.63) is 0 Å². The van der Waals surface area contributed by atoms with E-state index in [9.17, 15) is 35.7 Å². The van der Waals surface area contributed by atoms with Crippen molar-refractivity contribution >= 4 is 0 Å². The molecule has 4 aliphatic rings. The van der Waals surface area contributed by atoms with Crippen LogP contribution in [0.3, 0.4) is 0 Å². The summed E-state index contributed by atoms with van der Waals surface area (Å²) in [6, 6.07) is -4.93. The Labute approximate surface area is 247 Å². The van der Waals surface area contributed by atoms with Crippen molar-refractivity contribution in [2.24, 2.45) is 34.4 Å². The summed E-state index contributed by atoms with van der Waals surface area (Å²) in [5, 5.41) is 72.1. The summed E-state index contributed by atoms with van der Waals surface area (Å²) in [6.45, 7) is -1.34. The maximum atomic E-state index is 11.3. The molecule has 0 spiro atoms. The van der Waals surface area contributed by atoms with Crippen LogP contribution in [0.2, 0.25) is 0 Å². The summed E-state index contributed by atoms with van der Waals surface area (Å²) in [7, 11) is 0. The predicted molar refractivity (Wildman–Crippen MR) is 143 cm³/mol. The molecule has 0 radical (unpaired) electrons. The van der Waals surface area contributed by atoms with Gasteiger partial charge in [-0.1, -0.05) is 0 Å². The second kappa shape index (κ2) is 14.8. The molecule has 19 atom stereocenters. The van der Waals surface area contributed by atoms with E-state index in [1.165, 1.54) is 0 Å². The number of aliphatic hydroxyl groups is 7. The molecule has 4 rings (SSSR count). The highest BCUT2D eigenvalue weighted by atomic mass is 16.7. The third-order valence-corrected chi connectivity index (χ3v) is 8.60. The first-order chi connectivity index (χ1) is 20.3. The van der Waals surface area contributed by atoms with Crippen molar-refractivity contribution in [1.82, 2.24) is 0 Å². The molecule has 19 N–H and O–H groups in total. The Kier molecular flexibility index (Phi) is 12.1. The lowest BCUT2D eigenvalue weighted by molar-refractivity contribution is -0.336. The zero-order valence-electron chi connectivity index (χ0n) is 23.5. The standard InChI is InChI=1S/C24H48N6O13/c25-3-10-9(33)2-8(28)22(38-10)41-19-6(26)1-7(27)20(18(19)37)42-24-14(30)21(16(35)12(5-32)40-24)43-23-13(29)17(36)15(34)11(4-31)39-23/h6-24,31-37H,1-5,25-30H2. The van der Waals surface area contributed by atoms with E-state index in [1.807, 2.05) is 0 Å². The Bertz CT molecular complexity index is 886. The van der Waals surface area contributed by atoms with Crippen LogP contribution in [0.25, 0.3) is 0 Å². The van der Waals surface area contributed by atoms with E-state index < -0.39 is 129 Å². The Morgan fingerprint density at radius 1 is 0.535 bits per heavy atom. The van der Waals surface area contributed by atoms with Gasteiger partial charge in [-0.05, 0) is 12.8 Å². The quantitative estimate of drug-likeness (QED) is 0.113. The van der Waals surface area contributed by atoms with Gasteiger partial charge in [0, 0.05) is 18.6 Å². The average molecular weight is 629 g/mol. The Morgan fingerprint density at radius 2 is 1.02 bits per heavy atom. The number of rotatable bonds is 9. The lowest BCUT2D eigenvalue weighted by atomic mass is 9.84. The number of hydrogen-bond donors (Lipinski definition) is 13. The molecule has 43 heavy (non-hydrogen) atoms. The number of aliphatic hydroxyl groups excluding tert-OH is 7. The molecule has 4 fully saturated rings. The minimum absolute atomic E-state index is 0.0125. The fourth-order valence-electron chi connectivity index (χ4n) is 5.96. The first kappa shape index (κ1) is 35.1. The number of ether oxygens (including phenoxy) is 6.